The Morgan fingerprint density at radius 1 is 0.943 bits per heavy atom. The van der Waals surface area contributed by atoms with Crippen LogP contribution in [-0.2, 0) is 4.79 Å². The molecule has 35 heavy (non-hydrogen) atoms. The highest BCUT2D eigenvalue weighted by Gasteiger charge is 2.13. The summed E-state index contributed by atoms with van der Waals surface area (Å²) in [7, 11) is 1.43. The predicted molar refractivity (Wildman–Crippen MR) is 133 cm³/mol. The van der Waals surface area contributed by atoms with E-state index in [0.29, 0.717) is 5.56 Å². The lowest BCUT2D eigenvalue weighted by atomic mass is 10.1. The van der Waals surface area contributed by atoms with Crippen LogP contribution in [0.25, 0.3) is 10.8 Å². The fraction of sp³-hybridized carbons (Fsp3) is 0.0741. The largest absolute Gasteiger partial charge is 0.493 e. The van der Waals surface area contributed by atoms with E-state index in [2.05, 4.69) is 15.8 Å². The zero-order chi connectivity index (χ0) is 24.6. The summed E-state index contributed by atoms with van der Waals surface area (Å²) in [5.74, 6) is -1.12. The number of carbonyl (C=O) groups excluding carboxylic acids is 2. The smallest absolute Gasteiger partial charge is 0.343 e. The molecule has 2 N–H and O–H groups in total. The molecule has 1 amide bonds. The first-order valence-electron chi connectivity index (χ1n) is 10.7. The minimum Gasteiger partial charge on any atom is -0.493 e. The van der Waals surface area contributed by atoms with Gasteiger partial charge in [-0.2, -0.15) is 5.10 Å². The predicted octanol–water partition coefficient (Wildman–Crippen LogP) is 4.77. The van der Waals surface area contributed by atoms with E-state index in [0.717, 1.165) is 22.5 Å². The Labute approximate surface area is 201 Å². The van der Waals surface area contributed by atoms with E-state index in [-0.39, 0.29) is 29.5 Å². The lowest BCUT2D eigenvalue weighted by Gasteiger charge is -2.10. The molecule has 0 unspecified atom stereocenters. The van der Waals surface area contributed by atoms with E-state index in [1.54, 1.807) is 12.1 Å². The fourth-order valence-electron chi connectivity index (χ4n) is 3.40. The molecule has 0 fully saturated rings. The number of methoxy groups -OCH3 is 1. The molecule has 176 valence electrons. The van der Waals surface area contributed by atoms with Crippen molar-refractivity contribution in [1.82, 2.24) is 5.43 Å². The SMILES string of the molecule is COc1cc(C=NNC(=O)CNc2cccc3ccccc23)ccc1OC(=O)c1cccc(F)c1. The third-order valence-electron chi connectivity index (χ3n) is 5.08. The van der Waals surface area contributed by atoms with E-state index in [1.807, 2.05) is 42.5 Å². The van der Waals surface area contributed by atoms with Gasteiger partial charge in [0.25, 0.3) is 5.91 Å². The van der Waals surface area contributed by atoms with E-state index in [1.165, 1.54) is 37.6 Å². The summed E-state index contributed by atoms with van der Waals surface area (Å²) in [6.45, 7) is 0.0453. The average molecular weight is 471 g/mol. The second-order valence-electron chi connectivity index (χ2n) is 7.48. The van der Waals surface area contributed by atoms with Crippen molar-refractivity contribution in [3.05, 3.63) is 102 Å². The Hall–Kier alpha value is -4.72. The lowest BCUT2D eigenvalue weighted by Crippen LogP contribution is -2.25. The number of anilines is 1. The highest BCUT2D eigenvalue weighted by atomic mass is 19.1. The summed E-state index contributed by atoms with van der Waals surface area (Å²) < 4.78 is 24.0. The van der Waals surface area contributed by atoms with Crippen LogP contribution in [0, 0.1) is 5.82 Å². The van der Waals surface area contributed by atoms with Gasteiger partial charge in [0.15, 0.2) is 11.5 Å². The van der Waals surface area contributed by atoms with Gasteiger partial charge in [0.1, 0.15) is 5.82 Å². The number of hydrogen-bond donors (Lipinski definition) is 2. The van der Waals surface area contributed by atoms with Gasteiger partial charge >= 0.3 is 5.97 Å². The molecule has 0 spiro atoms. The van der Waals surface area contributed by atoms with Gasteiger partial charge in [-0.25, -0.2) is 14.6 Å². The summed E-state index contributed by atoms with van der Waals surface area (Å²) in [5, 5.41) is 9.19. The number of carbonyl (C=O) groups is 2. The molecule has 0 aliphatic carbocycles. The molecule has 0 bridgehead atoms. The lowest BCUT2D eigenvalue weighted by molar-refractivity contribution is -0.119. The standard InChI is InChI=1S/C27H22FN3O4/c1-34-25-14-18(12-13-24(25)35-27(33)20-8-4-9-21(28)15-20)16-30-31-26(32)17-29-23-11-5-7-19-6-2-3-10-22(19)23/h2-16,29H,17H2,1H3,(H,31,32). The molecule has 0 aliphatic rings. The van der Waals surface area contributed by atoms with Gasteiger partial charge in [-0.15, -0.1) is 0 Å². The van der Waals surface area contributed by atoms with Crippen LogP contribution in [0.15, 0.2) is 90.0 Å². The molecule has 0 aliphatic heterocycles. The van der Waals surface area contributed by atoms with Gasteiger partial charge in [0.2, 0.25) is 0 Å². The maximum Gasteiger partial charge on any atom is 0.343 e. The summed E-state index contributed by atoms with van der Waals surface area (Å²) in [6, 6.07) is 23.7. The zero-order valence-electron chi connectivity index (χ0n) is 18.8. The number of amides is 1. The first-order chi connectivity index (χ1) is 17.0. The van der Waals surface area contributed by atoms with Gasteiger partial charge < -0.3 is 14.8 Å². The van der Waals surface area contributed by atoms with Gasteiger partial charge in [-0.3, -0.25) is 4.79 Å². The molecule has 7 nitrogen and oxygen atoms in total. The fourth-order valence-corrected chi connectivity index (χ4v) is 3.40. The Kier molecular flexibility index (Phi) is 7.32. The third-order valence-corrected chi connectivity index (χ3v) is 5.08. The van der Waals surface area contributed by atoms with E-state index < -0.39 is 11.8 Å². The summed E-state index contributed by atoms with van der Waals surface area (Å²) in [4.78, 5) is 24.5. The molecule has 8 heteroatoms. The first-order valence-corrected chi connectivity index (χ1v) is 10.7. The first kappa shape index (κ1) is 23.4. The van der Waals surface area contributed by atoms with Crippen LogP contribution < -0.4 is 20.2 Å². The Balaban J connectivity index is 1.34. The number of nitrogens with one attached hydrogen (secondary N) is 2. The molecular weight excluding hydrogens is 449 g/mol. The van der Waals surface area contributed by atoms with Crippen LogP contribution in [0.1, 0.15) is 15.9 Å². The maximum absolute atomic E-state index is 13.4. The van der Waals surface area contributed by atoms with Crippen molar-refractivity contribution in [2.75, 3.05) is 19.0 Å². The second kappa shape index (κ2) is 10.9. The molecule has 0 radical (unpaired) electrons. The van der Waals surface area contributed by atoms with Crippen molar-refractivity contribution in [2.24, 2.45) is 5.10 Å². The molecule has 0 atom stereocenters. The van der Waals surface area contributed by atoms with Crippen molar-refractivity contribution < 1.29 is 23.5 Å². The maximum atomic E-state index is 13.4. The highest BCUT2D eigenvalue weighted by molar-refractivity contribution is 5.95. The summed E-state index contributed by atoms with van der Waals surface area (Å²) in [5.41, 5.74) is 4.01. The molecule has 4 aromatic rings. The van der Waals surface area contributed by atoms with Crippen molar-refractivity contribution >= 4 is 34.6 Å². The Morgan fingerprint density at radius 2 is 1.74 bits per heavy atom. The number of fused-ring (bicyclic) bond motifs is 1. The summed E-state index contributed by atoms with van der Waals surface area (Å²) >= 11 is 0. The van der Waals surface area contributed by atoms with Crippen molar-refractivity contribution in [3.63, 3.8) is 0 Å². The van der Waals surface area contributed by atoms with Gasteiger partial charge in [-0.05, 0) is 53.4 Å². The van der Waals surface area contributed by atoms with Crippen molar-refractivity contribution in [2.45, 2.75) is 0 Å². The van der Waals surface area contributed by atoms with E-state index in [4.69, 9.17) is 9.47 Å². The number of nitrogens with zero attached hydrogens (tertiary/aromatic N) is 1. The monoisotopic (exact) mass is 471 g/mol. The van der Waals surface area contributed by atoms with E-state index >= 15 is 0 Å². The second-order valence-corrected chi connectivity index (χ2v) is 7.48. The Bertz CT molecular complexity index is 1400. The van der Waals surface area contributed by atoms with Crippen molar-refractivity contribution in [3.8, 4) is 11.5 Å². The van der Waals surface area contributed by atoms with Crippen LogP contribution in [0.5, 0.6) is 11.5 Å². The molecule has 4 aromatic carbocycles. The minimum atomic E-state index is -0.713. The minimum absolute atomic E-state index is 0.0453. The molecule has 0 aromatic heterocycles. The third kappa shape index (κ3) is 6.00. The number of halogens is 1. The van der Waals surface area contributed by atoms with Crippen LogP contribution in [0.4, 0.5) is 10.1 Å². The number of ether oxygens (including phenoxy) is 2. The van der Waals surface area contributed by atoms with Crippen LogP contribution >= 0.6 is 0 Å². The van der Waals surface area contributed by atoms with E-state index in [9.17, 15) is 14.0 Å². The Morgan fingerprint density at radius 3 is 2.57 bits per heavy atom. The van der Waals surface area contributed by atoms with Crippen molar-refractivity contribution in [1.29, 1.82) is 0 Å². The normalized spacial score (nSPS) is 10.8. The molecule has 0 saturated heterocycles. The molecule has 0 saturated carbocycles. The number of rotatable bonds is 8. The highest BCUT2D eigenvalue weighted by Crippen LogP contribution is 2.28. The number of hydrazone groups is 1. The van der Waals surface area contributed by atoms with Gasteiger partial charge in [0, 0.05) is 11.1 Å². The quantitative estimate of drug-likeness (QED) is 0.167. The van der Waals surface area contributed by atoms with Crippen LogP contribution in [0.2, 0.25) is 0 Å². The number of hydrogen-bond acceptors (Lipinski definition) is 6. The molecule has 4 rings (SSSR count). The van der Waals surface area contributed by atoms with Crippen LogP contribution in [-0.4, -0.2) is 31.7 Å². The number of esters is 1. The number of benzene rings is 4. The van der Waals surface area contributed by atoms with Gasteiger partial charge in [0.05, 0.1) is 25.4 Å². The molecule has 0 heterocycles. The summed E-state index contributed by atoms with van der Waals surface area (Å²) in [6.07, 6.45) is 1.44. The zero-order valence-corrected chi connectivity index (χ0v) is 18.8. The topological polar surface area (TPSA) is 89.0 Å². The average Bonchev–Trinajstić information content (AvgIpc) is 2.88. The van der Waals surface area contributed by atoms with Gasteiger partial charge in [-0.1, -0.05) is 42.5 Å². The van der Waals surface area contributed by atoms with Crippen LogP contribution in [0.3, 0.4) is 0 Å². The molecular formula is C27H22FN3O4.